The molecule has 1 heterocycles. The van der Waals surface area contributed by atoms with E-state index in [1.807, 2.05) is 24.3 Å². The Labute approximate surface area is 105 Å². The lowest BCUT2D eigenvalue weighted by atomic mass is 10.1. The molecule has 0 aliphatic rings. The Bertz CT molecular complexity index is 551. The lowest BCUT2D eigenvalue weighted by Crippen LogP contribution is -1.98. The molecule has 0 unspecified atom stereocenters. The highest BCUT2D eigenvalue weighted by Gasteiger charge is 2.17. The van der Waals surface area contributed by atoms with Gasteiger partial charge in [-0.15, -0.1) is 11.3 Å². The van der Waals surface area contributed by atoms with Crippen molar-refractivity contribution in [3.05, 3.63) is 39.4 Å². The van der Waals surface area contributed by atoms with Crippen molar-refractivity contribution in [3.63, 3.8) is 0 Å². The van der Waals surface area contributed by atoms with Crippen LogP contribution >= 0.6 is 27.3 Å². The molecule has 2 rings (SSSR count). The number of thiazole rings is 1. The van der Waals surface area contributed by atoms with Crippen molar-refractivity contribution in [1.82, 2.24) is 4.98 Å². The van der Waals surface area contributed by atoms with Gasteiger partial charge >= 0.3 is 5.97 Å². The number of aromatic carboxylic acids is 1. The maximum absolute atomic E-state index is 11.0. The first-order valence-corrected chi connectivity index (χ1v) is 6.15. The van der Waals surface area contributed by atoms with Gasteiger partial charge in [-0.05, 0) is 24.6 Å². The van der Waals surface area contributed by atoms with Crippen LogP contribution in [0.2, 0.25) is 0 Å². The van der Waals surface area contributed by atoms with E-state index in [0.29, 0.717) is 4.88 Å². The minimum absolute atomic E-state index is 0.126. The second-order valence-electron chi connectivity index (χ2n) is 3.23. The molecule has 0 spiro atoms. The van der Waals surface area contributed by atoms with E-state index in [9.17, 15) is 4.79 Å². The standard InChI is InChI=1S/C11H8BrNO2S/c1-6-13-9(11(14)15)10(16-6)7-3-2-4-8(12)5-7/h2-5H,1H3,(H,14,15). The molecule has 1 aromatic carbocycles. The first kappa shape index (κ1) is 11.3. The van der Waals surface area contributed by atoms with Crippen LogP contribution in [0, 0.1) is 6.92 Å². The summed E-state index contributed by atoms with van der Waals surface area (Å²) in [6.45, 7) is 1.80. The molecule has 0 bridgehead atoms. The predicted molar refractivity (Wildman–Crippen MR) is 66.9 cm³/mol. The summed E-state index contributed by atoms with van der Waals surface area (Å²) in [5.41, 5.74) is 0.998. The van der Waals surface area contributed by atoms with Crippen molar-refractivity contribution >= 4 is 33.2 Å². The summed E-state index contributed by atoms with van der Waals surface area (Å²) < 4.78 is 0.924. The Morgan fingerprint density at radius 1 is 1.50 bits per heavy atom. The minimum atomic E-state index is -0.987. The quantitative estimate of drug-likeness (QED) is 0.922. The summed E-state index contributed by atoms with van der Waals surface area (Å²) in [7, 11) is 0. The van der Waals surface area contributed by atoms with Crippen molar-refractivity contribution in [2.45, 2.75) is 6.92 Å². The van der Waals surface area contributed by atoms with Gasteiger partial charge in [0.2, 0.25) is 0 Å². The molecule has 0 saturated carbocycles. The van der Waals surface area contributed by atoms with Crippen LogP contribution in [-0.2, 0) is 0 Å². The number of rotatable bonds is 2. The van der Waals surface area contributed by atoms with Crippen LogP contribution in [0.3, 0.4) is 0 Å². The van der Waals surface area contributed by atoms with E-state index in [1.54, 1.807) is 6.92 Å². The number of hydrogen-bond acceptors (Lipinski definition) is 3. The fourth-order valence-corrected chi connectivity index (χ4v) is 2.70. The van der Waals surface area contributed by atoms with Crippen LogP contribution in [-0.4, -0.2) is 16.1 Å². The topological polar surface area (TPSA) is 50.2 Å². The molecule has 0 atom stereocenters. The molecular formula is C11H8BrNO2S. The third-order valence-corrected chi connectivity index (χ3v) is 3.54. The third kappa shape index (κ3) is 2.15. The van der Waals surface area contributed by atoms with Crippen molar-refractivity contribution in [2.24, 2.45) is 0 Å². The Balaban J connectivity index is 2.59. The van der Waals surface area contributed by atoms with E-state index in [-0.39, 0.29) is 5.69 Å². The zero-order valence-corrected chi connectivity index (χ0v) is 10.8. The number of hydrogen-bond donors (Lipinski definition) is 1. The maximum atomic E-state index is 11.0. The molecule has 16 heavy (non-hydrogen) atoms. The Morgan fingerprint density at radius 2 is 2.25 bits per heavy atom. The summed E-state index contributed by atoms with van der Waals surface area (Å²) >= 11 is 4.76. The highest BCUT2D eigenvalue weighted by atomic mass is 79.9. The van der Waals surface area contributed by atoms with Gasteiger partial charge in [-0.2, -0.15) is 0 Å². The van der Waals surface area contributed by atoms with Gasteiger partial charge < -0.3 is 5.11 Å². The molecule has 1 aromatic heterocycles. The second kappa shape index (κ2) is 4.35. The van der Waals surface area contributed by atoms with Gasteiger partial charge in [0.15, 0.2) is 5.69 Å². The van der Waals surface area contributed by atoms with E-state index in [1.165, 1.54) is 11.3 Å². The normalized spacial score (nSPS) is 10.4. The number of aromatic nitrogens is 1. The summed E-state index contributed by atoms with van der Waals surface area (Å²) in [6, 6.07) is 7.54. The molecule has 0 aliphatic carbocycles. The predicted octanol–water partition coefficient (Wildman–Crippen LogP) is 3.58. The molecular weight excluding hydrogens is 290 g/mol. The molecule has 5 heteroatoms. The first-order chi connectivity index (χ1) is 7.58. The summed E-state index contributed by atoms with van der Waals surface area (Å²) in [5.74, 6) is -0.987. The van der Waals surface area contributed by atoms with Crippen molar-refractivity contribution < 1.29 is 9.90 Å². The molecule has 0 saturated heterocycles. The average Bonchev–Trinajstić information content (AvgIpc) is 2.60. The Hall–Kier alpha value is -1.20. The molecule has 0 fully saturated rings. The average molecular weight is 298 g/mol. The third-order valence-electron chi connectivity index (χ3n) is 2.02. The molecule has 0 aliphatic heterocycles. The van der Waals surface area contributed by atoms with Crippen molar-refractivity contribution in [2.75, 3.05) is 0 Å². The van der Waals surface area contributed by atoms with Gasteiger partial charge in [0.05, 0.1) is 9.88 Å². The van der Waals surface area contributed by atoms with Crippen LogP contribution in [0.25, 0.3) is 10.4 Å². The lowest BCUT2D eigenvalue weighted by molar-refractivity contribution is 0.0692. The number of carbonyl (C=O) groups is 1. The Morgan fingerprint density at radius 3 is 2.88 bits per heavy atom. The van der Waals surface area contributed by atoms with E-state index in [2.05, 4.69) is 20.9 Å². The van der Waals surface area contributed by atoms with Gasteiger partial charge in [-0.25, -0.2) is 9.78 Å². The van der Waals surface area contributed by atoms with Crippen LogP contribution in [0.1, 0.15) is 15.5 Å². The Kier molecular flexibility index (Phi) is 3.07. The van der Waals surface area contributed by atoms with Gasteiger partial charge in [-0.1, -0.05) is 28.1 Å². The van der Waals surface area contributed by atoms with Gasteiger partial charge in [0, 0.05) is 4.47 Å². The van der Waals surface area contributed by atoms with Gasteiger partial charge in [0.1, 0.15) is 0 Å². The van der Waals surface area contributed by atoms with Gasteiger partial charge in [0.25, 0.3) is 0 Å². The highest BCUT2D eigenvalue weighted by Crippen LogP contribution is 2.31. The van der Waals surface area contributed by atoms with Crippen LogP contribution in [0.4, 0.5) is 0 Å². The number of benzene rings is 1. The van der Waals surface area contributed by atoms with E-state index < -0.39 is 5.97 Å². The fraction of sp³-hybridized carbons (Fsp3) is 0.0909. The molecule has 2 aromatic rings. The van der Waals surface area contributed by atoms with Crippen LogP contribution < -0.4 is 0 Å². The lowest BCUT2D eigenvalue weighted by Gasteiger charge is -1.99. The molecule has 0 radical (unpaired) electrons. The molecule has 82 valence electrons. The fourth-order valence-electron chi connectivity index (χ4n) is 1.40. The monoisotopic (exact) mass is 297 g/mol. The molecule has 0 amide bonds. The van der Waals surface area contributed by atoms with E-state index >= 15 is 0 Å². The summed E-state index contributed by atoms with van der Waals surface area (Å²) in [6.07, 6.45) is 0. The van der Waals surface area contributed by atoms with Crippen molar-refractivity contribution in [3.8, 4) is 10.4 Å². The largest absolute Gasteiger partial charge is 0.476 e. The minimum Gasteiger partial charge on any atom is -0.476 e. The van der Waals surface area contributed by atoms with Crippen LogP contribution in [0.5, 0.6) is 0 Å². The van der Waals surface area contributed by atoms with Crippen molar-refractivity contribution in [1.29, 1.82) is 0 Å². The number of carboxylic acid groups (broad SMARTS) is 1. The zero-order valence-electron chi connectivity index (χ0n) is 8.40. The van der Waals surface area contributed by atoms with E-state index in [4.69, 9.17) is 5.11 Å². The van der Waals surface area contributed by atoms with Gasteiger partial charge in [-0.3, -0.25) is 0 Å². The molecule has 1 N–H and O–H groups in total. The second-order valence-corrected chi connectivity index (χ2v) is 5.34. The maximum Gasteiger partial charge on any atom is 0.356 e. The highest BCUT2D eigenvalue weighted by molar-refractivity contribution is 9.10. The summed E-state index contributed by atoms with van der Waals surface area (Å²) in [5, 5.41) is 9.80. The number of nitrogens with zero attached hydrogens (tertiary/aromatic N) is 1. The smallest absolute Gasteiger partial charge is 0.356 e. The van der Waals surface area contributed by atoms with E-state index in [0.717, 1.165) is 15.0 Å². The van der Waals surface area contributed by atoms with Crippen LogP contribution in [0.15, 0.2) is 28.7 Å². The molecule has 3 nitrogen and oxygen atoms in total. The number of carboxylic acids is 1. The zero-order chi connectivity index (χ0) is 11.7. The first-order valence-electron chi connectivity index (χ1n) is 4.54. The summed E-state index contributed by atoms with van der Waals surface area (Å²) in [4.78, 5) is 15.7. The number of aryl methyl sites for hydroxylation is 1. The SMILES string of the molecule is Cc1nc(C(=O)O)c(-c2cccc(Br)c2)s1. The number of halogens is 1.